The van der Waals surface area contributed by atoms with E-state index in [-0.39, 0.29) is 32.1 Å². The number of carbonyl (C=O) groups excluding carboxylic acids is 1. The Hall–Kier alpha value is -1.79. The van der Waals surface area contributed by atoms with Gasteiger partial charge in [0.05, 0.1) is 12.7 Å². The molecule has 0 aromatic carbocycles. The number of carbonyl (C=O) groups is 1. The van der Waals surface area contributed by atoms with Crippen LogP contribution in [0, 0.1) is 0 Å². The number of aromatic nitrogens is 1. The first-order valence-corrected chi connectivity index (χ1v) is 7.36. The topological polar surface area (TPSA) is 77.7 Å². The lowest BCUT2D eigenvalue weighted by molar-refractivity contribution is -0.210. The summed E-state index contributed by atoms with van der Waals surface area (Å²) in [5.74, 6) is 0. The van der Waals surface area contributed by atoms with E-state index in [0.29, 0.717) is 5.56 Å². The quantitative estimate of drug-likeness (QED) is 0.753. The van der Waals surface area contributed by atoms with Crippen LogP contribution >= 0.6 is 12.4 Å². The fourth-order valence-electron chi connectivity index (χ4n) is 2.42. The van der Waals surface area contributed by atoms with E-state index in [1.807, 2.05) is 0 Å². The smallest absolute Gasteiger partial charge is 0.433 e. The van der Waals surface area contributed by atoms with E-state index in [4.69, 9.17) is 4.74 Å². The fourth-order valence-corrected chi connectivity index (χ4v) is 2.42. The maximum Gasteiger partial charge on any atom is 0.433 e. The van der Waals surface area contributed by atoms with Gasteiger partial charge in [0, 0.05) is 31.4 Å². The normalized spacial score (nSPS) is 19.9. The molecule has 1 amide bonds. The van der Waals surface area contributed by atoms with Gasteiger partial charge in [0.2, 0.25) is 6.10 Å². The number of rotatable bonds is 4. The van der Waals surface area contributed by atoms with Crippen molar-refractivity contribution >= 4 is 18.5 Å². The second-order valence-electron chi connectivity index (χ2n) is 5.56. The van der Waals surface area contributed by atoms with E-state index in [2.05, 4.69) is 15.5 Å². The molecule has 2 heterocycles. The fraction of sp³-hybridized carbons (Fsp3) is 0.571. The molecule has 154 valence electrons. The summed E-state index contributed by atoms with van der Waals surface area (Å²) in [5, 5.41) is 0. The van der Waals surface area contributed by atoms with Crippen molar-refractivity contribution in [1.29, 1.82) is 0 Å². The molecule has 1 aliphatic heterocycles. The van der Waals surface area contributed by atoms with Gasteiger partial charge >= 0.3 is 18.4 Å². The van der Waals surface area contributed by atoms with Crippen LogP contribution in [0.2, 0.25) is 0 Å². The van der Waals surface area contributed by atoms with Crippen molar-refractivity contribution in [3.05, 3.63) is 29.6 Å². The lowest BCUT2D eigenvalue weighted by Gasteiger charge is -2.35. The number of halogens is 7. The van der Waals surface area contributed by atoms with Crippen LogP contribution in [-0.2, 0) is 15.7 Å². The minimum absolute atomic E-state index is 0. The van der Waals surface area contributed by atoms with Crippen molar-refractivity contribution in [2.24, 2.45) is 5.73 Å². The lowest BCUT2D eigenvalue weighted by atomic mass is 10.1. The minimum Gasteiger partial charge on any atom is -0.435 e. The lowest BCUT2D eigenvalue weighted by Crippen LogP contribution is -2.48. The summed E-state index contributed by atoms with van der Waals surface area (Å²) >= 11 is 0. The van der Waals surface area contributed by atoms with Crippen molar-refractivity contribution < 1.29 is 40.6 Å². The maximum atomic E-state index is 12.9. The average Bonchev–Trinajstić information content (AvgIpc) is 2.52. The van der Waals surface area contributed by atoms with Gasteiger partial charge in [-0.3, -0.25) is 9.88 Å². The molecule has 13 heteroatoms. The second kappa shape index (κ2) is 8.93. The third-order valence-electron chi connectivity index (χ3n) is 3.65. The summed E-state index contributed by atoms with van der Waals surface area (Å²) in [5.41, 5.74) is 3.87. The molecular weight excluding hydrogens is 408 g/mol. The molecule has 2 atom stereocenters. The van der Waals surface area contributed by atoms with Crippen LogP contribution in [0.4, 0.5) is 31.1 Å². The third-order valence-corrected chi connectivity index (χ3v) is 3.65. The minimum atomic E-state index is -4.81. The monoisotopic (exact) mass is 423 g/mol. The Morgan fingerprint density at radius 1 is 1.33 bits per heavy atom. The summed E-state index contributed by atoms with van der Waals surface area (Å²) in [6.45, 7) is -0.534. The standard InChI is InChI=1S/C14H15F6N3O3.ClH/c15-13(16,17)10-2-1-8(5-22-10)9-6-23(3-4-25-9)7-11(14(18,19)20)26-12(21)24;/h1-2,5,9,11H,3-4,6-7H2,(H2,21,24);1H/t9-,11+;/m1./s1. The van der Waals surface area contributed by atoms with Gasteiger partial charge in [-0.25, -0.2) is 4.79 Å². The van der Waals surface area contributed by atoms with E-state index in [1.165, 1.54) is 4.90 Å². The van der Waals surface area contributed by atoms with Gasteiger partial charge in [-0.05, 0) is 6.07 Å². The molecule has 6 nitrogen and oxygen atoms in total. The van der Waals surface area contributed by atoms with E-state index in [1.54, 1.807) is 0 Å². The maximum absolute atomic E-state index is 12.9. The van der Waals surface area contributed by atoms with Crippen molar-refractivity contribution in [2.75, 3.05) is 26.2 Å². The number of nitrogens with two attached hydrogens (primary N) is 1. The molecule has 1 aromatic rings. The number of primary amides is 1. The molecule has 2 N–H and O–H groups in total. The van der Waals surface area contributed by atoms with Gasteiger partial charge in [-0.2, -0.15) is 26.3 Å². The van der Waals surface area contributed by atoms with Gasteiger partial charge in [-0.15, -0.1) is 12.4 Å². The van der Waals surface area contributed by atoms with Crippen molar-refractivity contribution in [2.45, 2.75) is 24.6 Å². The van der Waals surface area contributed by atoms with Gasteiger partial charge in [-0.1, -0.05) is 6.07 Å². The summed E-state index contributed by atoms with van der Waals surface area (Å²) in [4.78, 5) is 15.3. The van der Waals surface area contributed by atoms with Crippen LogP contribution in [0.5, 0.6) is 0 Å². The Morgan fingerprint density at radius 2 is 2.00 bits per heavy atom. The Morgan fingerprint density at radius 3 is 2.48 bits per heavy atom. The number of morpholine rings is 1. The molecule has 1 saturated heterocycles. The number of ether oxygens (including phenoxy) is 2. The van der Waals surface area contributed by atoms with Gasteiger partial charge in [0.1, 0.15) is 5.69 Å². The molecule has 0 unspecified atom stereocenters. The number of nitrogens with zero attached hydrogens (tertiary/aromatic N) is 2. The molecule has 0 spiro atoms. The Balaban J connectivity index is 0.00000364. The molecule has 0 radical (unpaired) electrons. The predicted molar refractivity (Wildman–Crippen MR) is 82.1 cm³/mol. The van der Waals surface area contributed by atoms with Crippen molar-refractivity contribution in [1.82, 2.24) is 9.88 Å². The highest BCUT2D eigenvalue weighted by Gasteiger charge is 2.44. The van der Waals surface area contributed by atoms with Gasteiger partial charge < -0.3 is 15.2 Å². The third kappa shape index (κ3) is 6.70. The first-order chi connectivity index (χ1) is 12.0. The molecule has 1 fully saturated rings. The van der Waals surface area contributed by atoms with Crippen LogP contribution in [0.1, 0.15) is 17.4 Å². The molecular formula is C14H16ClF6N3O3. The Bertz CT molecular complexity index is 626. The first-order valence-electron chi connectivity index (χ1n) is 7.36. The predicted octanol–water partition coefficient (Wildman–Crippen LogP) is 2.92. The highest BCUT2D eigenvalue weighted by molar-refractivity contribution is 5.85. The molecule has 0 aliphatic carbocycles. The van der Waals surface area contributed by atoms with Crippen LogP contribution in [-0.4, -0.2) is 54.5 Å². The van der Waals surface area contributed by atoms with Crippen molar-refractivity contribution in [3.63, 3.8) is 0 Å². The molecule has 0 saturated carbocycles. The number of amides is 1. The molecule has 2 rings (SSSR count). The molecule has 27 heavy (non-hydrogen) atoms. The Kier molecular flexibility index (Phi) is 7.69. The highest BCUT2D eigenvalue weighted by atomic mass is 35.5. The largest absolute Gasteiger partial charge is 0.435 e. The van der Waals surface area contributed by atoms with Crippen LogP contribution in [0.15, 0.2) is 18.3 Å². The second-order valence-corrected chi connectivity index (χ2v) is 5.56. The summed E-state index contributed by atoms with van der Waals surface area (Å²) in [6.07, 6.45) is -13.2. The first kappa shape index (κ1) is 23.2. The number of hydrogen-bond donors (Lipinski definition) is 1. The summed E-state index contributed by atoms with van der Waals surface area (Å²) in [6, 6.07) is 1.93. The average molecular weight is 424 g/mol. The zero-order chi connectivity index (χ0) is 19.5. The van der Waals surface area contributed by atoms with Gasteiger partial charge in [0.15, 0.2) is 0 Å². The molecule has 0 bridgehead atoms. The van der Waals surface area contributed by atoms with E-state index >= 15 is 0 Å². The number of hydrogen-bond acceptors (Lipinski definition) is 5. The summed E-state index contributed by atoms with van der Waals surface area (Å²) < 4.78 is 85.8. The molecule has 1 aliphatic rings. The van der Waals surface area contributed by atoms with E-state index in [9.17, 15) is 31.1 Å². The number of pyridine rings is 1. The van der Waals surface area contributed by atoms with E-state index in [0.717, 1.165) is 18.3 Å². The van der Waals surface area contributed by atoms with Crippen LogP contribution in [0.3, 0.4) is 0 Å². The zero-order valence-electron chi connectivity index (χ0n) is 13.6. The van der Waals surface area contributed by atoms with Crippen LogP contribution in [0.25, 0.3) is 0 Å². The zero-order valence-corrected chi connectivity index (χ0v) is 14.4. The Labute approximate surface area is 156 Å². The van der Waals surface area contributed by atoms with Crippen LogP contribution < -0.4 is 5.73 Å². The van der Waals surface area contributed by atoms with Gasteiger partial charge in [0.25, 0.3) is 0 Å². The summed E-state index contributed by atoms with van der Waals surface area (Å²) in [7, 11) is 0. The van der Waals surface area contributed by atoms with E-state index < -0.39 is 42.9 Å². The van der Waals surface area contributed by atoms with Crippen molar-refractivity contribution in [3.8, 4) is 0 Å². The number of alkyl halides is 6. The highest BCUT2D eigenvalue weighted by Crippen LogP contribution is 2.30. The SMILES string of the molecule is Cl.NC(=O)O[C@@H](CN1CCO[C@@H](c2ccc(C(F)(F)F)nc2)C1)C(F)(F)F. The molecule has 1 aromatic heterocycles.